The predicted octanol–water partition coefficient (Wildman–Crippen LogP) is 2.78. The maximum absolute atomic E-state index is 11.4. The molecular weight excluding hydrogens is 270 g/mol. The number of aromatic nitrogens is 2. The molecule has 0 atom stereocenters. The number of phenols is 1. The van der Waals surface area contributed by atoms with Crippen molar-refractivity contribution < 1.29 is 15.0 Å². The van der Waals surface area contributed by atoms with Gasteiger partial charge in [0.15, 0.2) is 0 Å². The van der Waals surface area contributed by atoms with Crippen molar-refractivity contribution in [2.24, 2.45) is 0 Å². The standard InChI is InChI=1S/C15H11N3O3/c19-10-4-1-3-9(7-10)18-14-13-11(15(20)21)5-2-6-12(13)16-8-17-14/h1-8,19H,(H,20,21)(H,16,17,18). The number of rotatable bonds is 3. The Kier molecular flexibility index (Phi) is 3.12. The largest absolute Gasteiger partial charge is 0.508 e. The highest BCUT2D eigenvalue weighted by Crippen LogP contribution is 2.27. The molecule has 0 saturated heterocycles. The van der Waals surface area contributed by atoms with E-state index in [2.05, 4.69) is 15.3 Å². The van der Waals surface area contributed by atoms with Gasteiger partial charge in [-0.05, 0) is 24.3 Å². The molecule has 0 aliphatic rings. The summed E-state index contributed by atoms with van der Waals surface area (Å²) in [6.45, 7) is 0. The van der Waals surface area contributed by atoms with Crippen LogP contribution in [0.15, 0.2) is 48.8 Å². The van der Waals surface area contributed by atoms with E-state index in [-0.39, 0.29) is 11.3 Å². The predicted molar refractivity (Wildman–Crippen MR) is 77.9 cm³/mol. The molecule has 0 bridgehead atoms. The van der Waals surface area contributed by atoms with Crippen molar-refractivity contribution in [3.05, 3.63) is 54.4 Å². The Morgan fingerprint density at radius 2 is 1.90 bits per heavy atom. The van der Waals surface area contributed by atoms with Gasteiger partial charge in [0.2, 0.25) is 0 Å². The Morgan fingerprint density at radius 3 is 2.67 bits per heavy atom. The second-order valence-corrected chi connectivity index (χ2v) is 4.40. The highest BCUT2D eigenvalue weighted by molar-refractivity contribution is 6.07. The number of nitrogens with zero attached hydrogens (tertiary/aromatic N) is 2. The number of carbonyl (C=O) groups is 1. The number of fused-ring (bicyclic) bond motifs is 1. The molecule has 0 aliphatic heterocycles. The highest BCUT2D eigenvalue weighted by Gasteiger charge is 2.13. The first-order valence-corrected chi connectivity index (χ1v) is 6.18. The number of anilines is 2. The lowest BCUT2D eigenvalue weighted by Gasteiger charge is -2.10. The van der Waals surface area contributed by atoms with Crippen molar-refractivity contribution in [3.8, 4) is 5.75 Å². The summed E-state index contributed by atoms with van der Waals surface area (Å²) in [6, 6.07) is 11.4. The monoisotopic (exact) mass is 281 g/mol. The molecule has 1 heterocycles. The minimum atomic E-state index is -1.05. The first-order chi connectivity index (χ1) is 10.1. The van der Waals surface area contributed by atoms with Crippen LogP contribution in [0.3, 0.4) is 0 Å². The topological polar surface area (TPSA) is 95.3 Å². The number of nitrogens with one attached hydrogen (secondary N) is 1. The van der Waals surface area contributed by atoms with Crippen LogP contribution in [0.2, 0.25) is 0 Å². The third-order valence-corrected chi connectivity index (χ3v) is 3.00. The van der Waals surface area contributed by atoms with E-state index in [1.54, 1.807) is 30.3 Å². The molecule has 21 heavy (non-hydrogen) atoms. The van der Waals surface area contributed by atoms with E-state index in [4.69, 9.17) is 0 Å². The summed E-state index contributed by atoms with van der Waals surface area (Å²) >= 11 is 0. The SMILES string of the molecule is O=C(O)c1cccc2ncnc(Nc3cccc(O)c3)c12. The van der Waals surface area contributed by atoms with Crippen molar-refractivity contribution >= 4 is 28.4 Å². The third-order valence-electron chi connectivity index (χ3n) is 3.00. The summed E-state index contributed by atoms with van der Waals surface area (Å²) in [5.41, 5.74) is 1.26. The summed E-state index contributed by atoms with van der Waals surface area (Å²) in [7, 11) is 0. The third kappa shape index (κ3) is 2.46. The van der Waals surface area contributed by atoms with Crippen LogP contribution in [0.25, 0.3) is 10.9 Å². The molecule has 104 valence electrons. The molecule has 0 unspecified atom stereocenters. The van der Waals surface area contributed by atoms with Gasteiger partial charge >= 0.3 is 5.97 Å². The molecule has 3 N–H and O–H groups in total. The van der Waals surface area contributed by atoms with Gasteiger partial charge in [0.25, 0.3) is 0 Å². The van der Waals surface area contributed by atoms with Crippen LogP contribution in [0.1, 0.15) is 10.4 Å². The molecule has 0 spiro atoms. The molecule has 6 nitrogen and oxygen atoms in total. The van der Waals surface area contributed by atoms with Gasteiger partial charge in [0, 0.05) is 11.8 Å². The van der Waals surface area contributed by atoms with Crippen LogP contribution in [0.5, 0.6) is 5.75 Å². The first-order valence-electron chi connectivity index (χ1n) is 6.18. The Morgan fingerprint density at radius 1 is 1.10 bits per heavy atom. The van der Waals surface area contributed by atoms with Crippen molar-refractivity contribution in [1.29, 1.82) is 0 Å². The lowest BCUT2D eigenvalue weighted by molar-refractivity contribution is 0.0699. The van der Waals surface area contributed by atoms with Crippen molar-refractivity contribution in [2.45, 2.75) is 0 Å². The van der Waals surface area contributed by atoms with Gasteiger partial charge in [0.05, 0.1) is 16.5 Å². The molecule has 0 fully saturated rings. The number of phenolic OH excluding ortho intramolecular Hbond substituents is 1. The minimum Gasteiger partial charge on any atom is -0.508 e. The Labute approximate surface area is 119 Å². The number of aromatic hydroxyl groups is 1. The van der Waals surface area contributed by atoms with Gasteiger partial charge in [-0.15, -0.1) is 0 Å². The van der Waals surface area contributed by atoms with Crippen LogP contribution in [-0.4, -0.2) is 26.2 Å². The summed E-state index contributed by atoms with van der Waals surface area (Å²) in [5.74, 6) is -0.560. The highest BCUT2D eigenvalue weighted by atomic mass is 16.4. The van der Waals surface area contributed by atoms with E-state index in [0.29, 0.717) is 22.4 Å². The van der Waals surface area contributed by atoms with E-state index in [1.165, 1.54) is 18.5 Å². The van der Waals surface area contributed by atoms with Gasteiger partial charge in [0.1, 0.15) is 17.9 Å². The van der Waals surface area contributed by atoms with Crippen LogP contribution in [0, 0.1) is 0 Å². The maximum Gasteiger partial charge on any atom is 0.336 e. The fraction of sp³-hybridized carbons (Fsp3) is 0. The second-order valence-electron chi connectivity index (χ2n) is 4.40. The molecule has 6 heteroatoms. The van der Waals surface area contributed by atoms with Crippen molar-refractivity contribution in [1.82, 2.24) is 9.97 Å². The lowest BCUT2D eigenvalue weighted by atomic mass is 10.1. The summed E-state index contributed by atoms with van der Waals surface area (Å²) in [4.78, 5) is 19.5. The fourth-order valence-electron chi connectivity index (χ4n) is 2.10. The zero-order valence-electron chi connectivity index (χ0n) is 10.8. The average Bonchev–Trinajstić information content (AvgIpc) is 2.47. The molecule has 1 aromatic heterocycles. The number of hydrogen-bond acceptors (Lipinski definition) is 5. The van der Waals surface area contributed by atoms with E-state index in [1.807, 2.05) is 0 Å². The number of aromatic carboxylic acids is 1. The van der Waals surface area contributed by atoms with Crippen LogP contribution < -0.4 is 5.32 Å². The zero-order chi connectivity index (χ0) is 14.8. The van der Waals surface area contributed by atoms with Crippen molar-refractivity contribution in [3.63, 3.8) is 0 Å². The molecule has 0 aliphatic carbocycles. The molecule has 0 radical (unpaired) electrons. The maximum atomic E-state index is 11.4. The quantitative estimate of drug-likeness (QED) is 0.683. The molecule has 3 rings (SSSR count). The molecule has 0 amide bonds. The Hall–Kier alpha value is -3.15. The summed E-state index contributed by atoms with van der Waals surface area (Å²) in [6.07, 6.45) is 1.36. The second kappa shape index (κ2) is 5.09. The molecule has 3 aromatic rings. The van der Waals surface area contributed by atoms with E-state index in [0.717, 1.165) is 0 Å². The van der Waals surface area contributed by atoms with Crippen molar-refractivity contribution in [2.75, 3.05) is 5.32 Å². The van der Waals surface area contributed by atoms with E-state index < -0.39 is 5.97 Å². The Bertz CT molecular complexity index is 828. The number of hydrogen-bond donors (Lipinski definition) is 3. The van der Waals surface area contributed by atoms with Crippen LogP contribution >= 0.6 is 0 Å². The lowest BCUT2D eigenvalue weighted by Crippen LogP contribution is -2.02. The van der Waals surface area contributed by atoms with Crippen LogP contribution in [0.4, 0.5) is 11.5 Å². The molecule has 0 saturated carbocycles. The van der Waals surface area contributed by atoms with Gasteiger partial charge < -0.3 is 15.5 Å². The smallest absolute Gasteiger partial charge is 0.336 e. The molecular formula is C15H11N3O3. The van der Waals surface area contributed by atoms with Crippen LogP contribution in [-0.2, 0) is 0 Å². The van der Waals surface area contributed by atoms with E-state index >= 15 is 0 Å². The van der Waals surface area contributed by atoms with Gasteiger partial charge in [-0.1, -0.05) is 12.1 Å². The van der Waals surface area contributed by atoms with E-state index in [9.17, 15) is 15.0 Å². The van der Waals surface area contributed by atoms with Gasteiger partial charge in [-0.25, -0.2) is 14.8 Å². The fourth-order valence-corrected chi connectivity index (χ4v) is 2.10. The average molecular weight is 281 g/mol. The number of carboxylic acid groups (broad SMARTS) is 1. The molecule has 2 aromatic carbocycles. The number of benzene rings is 2. The first kappa shape index (κ1) is 12.9. The number of carboxylic acids is 1. The zero-order valence-corrected chi connectivity index (χ0v) is 10.8. The van der Waals surface area contributed by atoms with Gasteiger partial charge in [-0.3, -0.25) is 0 Å². The summed E-state index contributed by atoms with van der Waals surface area (Å²) in [5, 5.41) is 22.2. The Balaban J connectivity index is 2.16. The summed E-state index contributed by atoms with van der Waals surface area (Å²) < 4.78 is 0. The van der Waals surface area contributed by atoms with Gasteiger partial charge in [-0.2, -0.15) is 0 Å². The minimum absolute atomic E-state index is 0.108. The normalized spacial score (nSPS) is 10.5.